The number of nitrogens with one attached hydrogen (secondary N) is 1. The van der Waals surface area contributed by atoms with Crippen molar-refractivity contribution in [2.45, 2.75) is 39.2 Å². The van der Waals surface area contributed by atoms with E-state index in [0.29, 0.717) is 0 Å². The number of esters is 1. The molecule has 0 heterocycles. The van der Waals surface area contributed by atoms with E-state index in [1.54, 1.807) is 20.8 Å². The van der Waals surface area contributed by atoms with Crippen LogP contribution in [0.1, 0.15) is 44.0 Å². The van der Waals surface area contributed by atoms with Gasteiger partial charge in [0.05, 0.1) is 25.2 Å². The fourth-order valence-electron chi connectivity index (χ4n) is 1.97. The van der Waals surface area contributed by atoms with Crippen molar-refractivity contribution in [1.82, 2.24) is 5.32 Å². The van der Waals surface area contributed by atoms with Crippen LogP contribution in [0.25, 0.3) is 0 Å². The zero-order valence-electron chi connectivity index (χ0n) is 16.8. The molecule has 166 valence electrons. The molecule has 1 aromatic carbocycles. The monoisotopic (exact) mass is 428 g/mol. The van der Waals surface area contributed by atoms with E-state index in [-0.39, 0.29) is 49.7 Å². The van der Waals surface area contributed by atoms with Gasteiger partial charge in [0.15, 0.2) is 11.5 Å². The number of rotatable bonds is 11. The Hall–Kier alpha value is -3.57. The van der Waals surface area contributed by atoms with Crippen LogP contribution in [0.3, 0.4) is 0 Å². The van der Waals surface area contributed by atoms with Crippen molar-refractivity contribution < 1.29 is 43.6 Å². The maximum atomic E-state index is 12.1. The van der Waals surface area contributed by atoms with E-state index in [1.807, 2.05) is 0 Å². The lowest BCUT2D eigenvalue weighted by atomic mass is 10.2. The highest BCUT2D eigenvalue weighted by atomic mass is 16.9. The summed E-state index contributed by atoms with van der Waals surface area (Å²) in [7, 11) is 0. The van der Waals surface area contributed by atoms with Crippen LogP contribution >= 0.6 is 0 Å². The average Bonchev–Trinajstić information content (AvgIpc) is 2.60. The highest BCUT2D eigenvalue weighted by molar-refractivity contribution is 5.89. The van der Waals surface area contributed by atoms with Gasteiger partial charge >= 0.3 is 18.0 Å². The third-order valence-corrected chi connectivity index (χ3v) is 3.15. The Morgan fingerprint density at radius 1 is 1.17 bits per heavy atom. The molecule has 0 atom stereocenters. The molecule has 0 saturated carbocycles. The van der Waals surface area contributed by atoms with E-state index < -0.39 is 28.7 Å². The Labute approximate surface area is 172 Å². The van der Waals surface area contributed by atoms with Crippen LogP contribution in [0.15, 0.2) is 18.2 Å². The van der Waals surface area contributed by atoms with Crippen molar-refractivity contribution in [3.05, 3.63) is 33.9 Å². The van der Waals surface area contributed by atoms with Gasteiger partial charge in [-0.3, -0.25) is 4.79 Å². The maximum Gasteiger partial charge on any atom is 0.407 e. The summed E-state index contributed by atoms with van der Waals surface area (Å²) in [4.78, 5) is 49.0. The number of ether oxygens (including phenoxy) is 3. The number of carboxylic acids is 1. The van der Waals surface area contributed by atoms with E-state index >= 15 is 0 Å². The molecule has 2 N–H and O–H groups in total. The van der Waals surface area contributed by atoms with Crippen LogP contribution in [0.4, 0.5) is 4.79 Å². The van der Waals surface area contributed by atoms with Crippen molar-refractivity contribution in [2.75, 3.05) is 19.8 Å². The highest BCUT2D eigenvalue weighted by Crippen LogP contribution is 2.29. The van der Waals surface area contributed by atoms with E-state index in [4.69, 9.17) is 19.3 Å². The number of carboxylic acid groups (broad SMARTS) is 1. The van der Waals surface area contributed by atoms with Gasteiger partial charge in [-0.15, -0.1) is 10.1 Å². The SMILES string of the molecule is CC(C)(C)OC(=O)NCCC(=O)Oc1cc(C(=O)O)ccc1OCCCO[N+](=O)[O-]. The number of carbonyl (C=O) groups excluding carboxylic acids is 2. The van der Waals surface area contributed by atoms with Gasteiger partial charge < -0.3 is 29.5 Å². The fraction of sp³-hybridized carbons (Fsp3) is 0.500. The molecule has 0 bridgehead atoms. The molecule has 0 spiro atoms. The molecule has 1 amide bonds. The van der Waals surface area contributed by atoms with Gasteiger partial charge in [-0.2, -0.15) is 0 Å². The topological polar surface area (TPSA) is 164 Å². The summed E-state index contributed by atoms with van der Waals surface area (Å²) in [6.07, 6.45) is -0.717. The lowest BCUT2D eigenvalue weighted by Gasteiger charge is -2.19. The number of alkyl carbamates (subject to hydrolysis) is 1. The number of nitrogens with zero attached hydrogens (tertiary/aromatic N) is 1. The lowest BCUT2D eigenvalue weighted by Crippen LogP contribution is -2.34. The molecule has 0 radical (unpaired) electrons. The quantitative estimate of drug-likeness (QED) is 0.175. The summed E-state index contributed by atoms with van der Waals surface area (Å²) < 4.78 is 15.6. The first-order valence-corrected chi connectivity index (χ1v) is 8.93. The summed E-state index contributed by atoms with van der Waals surface area (Å²) >= 11 is 0. The van der Waals surface area contributed by atoms with Crippen molar-refractivity contribution >= 4 is 18.0 Å². The molecule has 12 nitrogen and oxygen atoms in total. The minimum Gasteiger partial charge on any atom is -0.490 e. The normalized spacial score (nSPS) is 10.6. The van der Waals surface area contributed by atoms with Crippen LogP contribution < -0.4 is 14.8 Å². The molecule has 0 saturated heterocycles. The average molecular weight is 428 g/mol. The van der Waals surface area contributed by atoms with Crippen molar-refractivity contribution in [1.29, 1.82) is 0 Å². The summed E-state index contributed by atoms with van der Waals surface area (Å²) in [5.74, 6) is -2.03. The molecule has 0 aliphatic heterocycles. The number of aromatic carboxylic acids is 1. The van der Waals surface area contributed by atoms with Gasteiger partial charge in [-0.05, 0) is 39.0 Å². The summed E-state index contributed by atoms with van der Waals surface area (Å²) in [5.41, 5.74) is -0.813. The van der Waals surface area contributed by atoms with Crippen molar-refractivity contribution in [3.63, 3.8) is 0 Å². The van der Waals surface area contributed by atoms with Crippen LogP contribution in [-0.4, -0.2) is 53.6 Å². The highest BCUT2D eigenvalue weighted by Gasteiger charge is 2.17. The first-order chi connectivity index (χ1) is 14.0. The van der Waals surface area contributed by atoms with Crippen molar-refractivity contribution in [3.8, 4) is 11.5 Å². The molecular formula is C18H24N2O10. The fourth-order valence-corrected chi connectivity index (χ4v) is 1.97. The molecule has 0 unspecified atom stereocenters. The minimum absolute atomic E-state index is 0.00497. The Bertz CT molecular complexity index is 773. The molecule has 0 aliphatic carbocycles. The third-order valence-electron chi connectivity index (χ3n) is 3.15. The van der Waals surface area contributed by atoms with E-state index in [9.17, 15) is 24.5 Å². The molecule has 0 aliphatic rings. The Kier molecular flexibility index (Phi) is 9.33. The zero-order chi connectivity index (χ0) is 22.7. The minimum atomic E-state index is -1.23. The summed E-state index contributed by atoms with van der Waals surface area (Å²) in [6, 6.07) is 3.68. The molecule has 0 aromatic heterocycles. The Morgan fingerprint density at radius 3 is 2.47 bits per heavy atom. The van der Waals surface area contributed by atoms with E-state index in [2.05, 4.69) is 10.2 Å². The van der Waals surface area contributed by atoms with Crippen LogP contribution in [0, 0.1) is 10.1 Å². The second kappa shape index (κ2) is 11.4. The van der Waals surface area contributed by atoms with Gasteiger partial charge in [-0.25, -0.2) is 9.59 Å². The van der Waals surface area contributed by atoms with Gasteiger partial charge in [0.25, 0.3) is 5.09 Å². The smallest absolute Gasteiger partial charge is 0.407 e. The number of amides is 1. The molecule has 1 rings (SSSR count). The molecule has 30 heavy (non-hydrogen) atoms. The van der Waals surface area contributed by atoms with E-state index in [1.165, 1.54) is 12.1 Å². The first kappa shape index (κ1) is 24.5. The van der Waals surface area contributed by atoms with Gasteiger partial charge in [0.1, 0.15) is 5.60 Å². The third kappa shape index (κ3) is 10.1. The lowest BCUT2D eigenvalue weighted by molar-refractivity contribution is -0.757. The largest absolute Gasteiger partial charge is 0.490 e. The molecule has 12 heteroatoms. The van der Waals surface area contributed by atoms with Gasteiger partial charge in [-0.1, -0.05) is 0 Å². The summed E-state index contributed by atoms with van der Waals surface area (Å²) in [5, 5.41) is 20.7. The number of hydrogen-bond acceptors (Lipinski definition) is 9. The second-order valence-electron chi connectivity index (χ2n) is 6.88. The number of carbonyl (C=O) groups is 3. The summed E-state index contributed by atoms with van der Waals surface area (Å²) in [6.45, 7) is 4.85. The molecule has 1 aromatic rings. The van der Waals surface area contributed by atoms with Crippen molar-refractivity contribution in [2.24, 2.45) is 0 Å². The Morgan fingerprint density at radius 2 is 1.87 bits per heavy atom. The molecular weight excluding hydrogens is 404 g/mol. The Balaban J connectivity index is 2.64. The number of hydrogen-bond donors (Lipinski definition) is 2. The maximum absolute atomic E-state index is 12.1. The van der Waals surface area contributed by atoms with Crippen LogP contribution in [-0.2, 0) is 14.4 Å². The van der Waals surface area contributed by atoms with Crippen LogP contribution in [0.5, 0.6) is 11.5 Å². The van der Waals surface area contributed by atoms with Gasteiger partial charge in [0, 0.05) is 13.0 Å². The van der Waals surface area contributed by atoms with Gasteiger partial charge in [0.2, 0.25) is 0 Å². The molecule has 0 fully saturated rings. The zero-order valence-corrected chi connectivity index (χ0v) is 16.8. The van der Waals surface area contributed by atoms with Crippen LogP contribution in [0.2, 0.25) is 0 Å². The van der Waals surface area contributed by atoms with E-state index in [0.717, 1.165) is 6.07 Å². The number of benzene rings is 1. The second-order valence-corrected chi connectivity index (χ2v) is 6.88. The predicted molar refractivity (Wildman–Crippen MR) is 101 cm³/mol. The first-order valence-electron chi connectivity index (χ1n) is 8.93. The predicted octanol–water partition coefficient (Wildman–Crippen LogP) is 2.18. The standard InChI is InChI=1S/C18H24N2O10/c1-18(2,3)30-17(24)19-8-7-15(21)29-14-11-12(16(22)23)5-6-13(14)27-9-4-10-28-20(25)26/h5-6,11H,4,7-10H2,1-3H3,(H,19,24)(H,22,23).